The van der Waals surface area contributed by atoms with Crippen LogP contribution in [0.5, 0.6) is 5.75 Å². The highest BCUT2D eigenvalue weighted by atomic mass is 35.5. The minimum Gasteiger partial charge on any atom is -0.489 e. The highest BCUT2D eigenvalue weighted by Crippen LogP contribution is 2.27. The Labute approximate surface area is 250 Å². The minimum atomic E-state index is -0.229. The van der Waals surface area contributed by atoms with Crippen LogP contribution in [0.4, 0.5) is 5.69 Å². The Bertz CT molecular complexity index is 1610. The Hall–Kier alpha value is -4.18. The molecule has 1 aromatic heterocycles. The number of aryl methyl sites for hydroxylation is 1. The van der Waals surface area contributed by atoms with Crippen molar-refractivity contribution in [1.29, 1.82) is 5.26 Å². The largest absolute Gasteiger partial charge is 0.489 e. The van der Waals surface area contributed by atoms with Gasteiger partial charge in [0.2, 0.25) is 0 Å². The number of nitrogens with zero attached hydrogens (tertiary/aromatic N) is 4. The smallest absolute Gasteiger partial charge is 0.264 e. The van der Waals surface area contributed by atoms with Crippen molar-refractivity contribution in [3.63, 3.8) is 0 Å². The van der Waals surface area contributed by atoms with Crippen molar-refractivity contribution in [3.8, 4) is 17.5 Å². The fourth-order valence-electron chi connectivity index (χ4n) is 5.10. The van der Waals surface area contributed by atoms with E-state index in [1.54, 1.807) is 23.1 Å². The number of carbonyl (C=O) groups is 1. The second-order valence-corrected chi connectivity index (χ2v) is 10.8. The van der Waals surface area contributed by atoms with E-state index in [4.69, 9.17) is 27.9 Å². The van der Waals surface area contributed by atoms with Crippen LogP contribution in [-0.4, -0.2) is 41.6 Å². The first-order valence-corrected chi connectivity index (χ1v) is 14.2. The third-order valence-electron chi connectivity index (χ3n) is 7.31. The lowest BCUT2D eigenvalue weighted by Gasteiger charge is -2.36. The summed E-state index contributed by atoms with van der Waals surface area (Å²) in [6.07, 6.45) is 1.71. The molecular weight excluding hydrogens is 555 g/mol. The van der Waals surface area contributed by atoms with Gasteiger partial charge in [-0.05, 0) is 80.1 Å². The van der Waals surface area contributed by atoms with E-state index in [9.17, 15) is 10.1 Å². The van der Waals surface area contributed by atoms with Crippen LogP contribution in [0, 0.1) is 25.2 Å². The molecule has 0 bridgehead atoms. The molecule has 2 heterocycles. The van der Waals surface area contributed by atoms with E-state index >= 15 is 0 Å². The first kappa shape index (κ1) is 28.4. The van der Waals surface area contributed by atoms with Gasteiger partial charge in [0.25, 0.3) is 5.91 Å². The van der Waals surface area contributed by atoms with Gasteiger partial charge in [0.15, 0.2) is 0 Å². The van der Waals surface area contributed by atoms with E-state index in [-0.39, 0.29) is 11.5 Å². The van der Waals surface area contributed by atoms with E-state index in [2.05, 4.69) is 27.7 Å². The number of hydrogen-bond acceptors (Lipinski definition) is 4. The number of ether oxygens (including phenoxy) is 1. The minimum absolute atomic E-state index is 0.142. The van der Waals surface area contributed by atoms with Gasteiger partial charge in [-0.15, -0.1) is 0 Å². The number of benzene rings is 3. The fourth-order valence-corrected chi connectivity index (χ4v) is 5.56. The summed E-state index contributed by atoms with van der Waals surface area (Å²) in [5.41, 5.74) is 5.88. The van der Waals surface area contributed by atoms with E-state index in [0.717, 1.165) is 47.0 Å². The molecule has 4 aromatic rings. The Morgan fingerprint density at radius 2 is 1.63 bits per heavy atom. The summed E-state index contributed by atoms with van der Waals surface area (Å²) in [7, 11) is 0. The number of para-hydroxylation sites is 1. The molecule has 0 atom stereocenters. The summed E-state index contributed by atoms with van der Waals surface area (Å²) < 4.78 is 8.03. The van der Waals surface area contributed by atoms with Crippen molar-refractivity contribution < 1.29 is 9.53 Å². The molecule has 1 aliphatic heterocycles. The predicted octanol–water partition coefficient (Wildman–Crippen LogP) is 7.24. The third kappa shape index (κ3) is 6.43. The first-order chi connectivity index (χ1) is 19.8. The van der Waals surface area contributed by atoms with Crippen LogP contribution < -0.4 is 9.64 Å². The van der Waals surface area contributed by atoms with Gasteiger partial charge in [0, 0.05) is 64.6 Å². The van der Waals surface area contributed by atoms with Gasteiger partial charge in [0.05, 0.1) is 0 Å². The highest BCUT2D eigenvalue weighted by molar-refractivity contribution is 6.35. The van der Waals surface area contributed by atoms with Crippen molar-refractivity contribution in [1.82, 2.24) is 9.47 Å². The molecule has 0 spiro atoms. The van der Waals surface area contributed by atoms with Crippen molar-refractivity contribution in [2.75, 3.05) is 31.1 Å². The average Bonchev–Trinajstić information content (AvgIpc) is 3.28. The zero-order valence-corrected chi connectivity index (χ0v) is 24.5. The number of nitriles is 1. The number of carbonyl (C=O) groups excluding carboxylic acids is 1. The van der Waals surface area contributed by atoms with E-state index in [1.807, 2.05) is 68.4 Å². The Morgan fingerprint density at radius 1 is 0.927 bits per heavy atom. The standard InChI is InChI=1S/C33H30Cl2N4O2/c1-23-18-26(19-27(21-36)33(40)38-16-14-37(15-17-38)29-6-4-3-5-7-29)24(2)39(23)30-10-12-31(13-11-30)41-22-25-8-9-28(34)20-32(25)35/h3-13,18-20H,14-17,22H2,1-2H3/b27-19-. The maximum Gasteiger partial charge on any atom is 0.264 e. The molecule has 1 aliphatic rings. The molecule has 6 nitrogen and oxygen atoms in total. The molecule has 0 radical (unpaired) electrons. The van der Waals surface area contributed by atoms with Crippen LogP contribution in [0.25, 0.3) is 11.8 Å². The van der Waals surface area contributed by atoms with Crippen LogP contribution in [0.2, 0.25) is 10.0 Å². The molecule has 208 valence electrons. The zero-order valence-electron chi connectivity index (χ0n) is 23.0. The summed E-state index contributed by atoms with van der Waals surface area (Å²) >= 11 is 12.2. The van der Waals surface area contributed by atoms with Gasteiger partial charge < -0.3 is 19.1 Å². The van der Waals surface area contributed by atoms with Crippen molar-refractivity contribution >= 4 is 40.9 Å². The maximum atomic E-state index is 13.3. The van der Waals surface area contributed by atoms with Gasteiger partial charge in [-0.2, -0.15) is 5.26 Å². The molecule has 41 heavy (non-hydrogen) atoms. The summed E-state index contributed by atoms with van der Waals surface area (Å²) in [5.74, 6) is 0.486. The molecule has 0 unspecified atom stereocenters. The predicted molar refractivity (Wildman–Crippen MR) is 165 cm³/mol. The van der Waals surface area contributed by atoms with Gasteiger partial charge in [-0.25, -0.2) is 0 Å². The molecular formula is C33H30Cl2N4O2. The average molecular weight is 586 g/mol. The van der Waals surface area contributed by atoms with Gasteiger partial charge in [-0.1, -0.05) is 47.5 Å². The van der Waals surface area contributed by atoms with Gasteiger partial charge >= 0.3 is 0 Å². The SMILES string of the molecule is Cc1cc(/C=C(/C#N)C(=O)N2CCN(c3ccccc3)CC2)c(C)n1-c1ccc(OCc2ccc(Cl)cc2Cl)cc1. The van der Waals surface area contributed by atoms with Crippen molar-refractivity contribution in [2.45, 2.75) is 20.5 Å². The van der Waals surface area contributed by atoms with Gasteiger partial charge in [-0.3, -0.25) is 4.79 Å². The lowest BCUT2D eigenvalue weighted by Crippen LogP contribution is -2.49. The van der Waals surface area contributed by atoms with Crippen LogP contribution in [0.15, 0.2) is 84.4 Å². The number of halogens is 2. The summed E-state index contributed by atoms with van der Waals surface area (Å²) in [5, 5.41) is 11.0. The normalized spacial score (nSPS) is 13.7. The number of aromatic nitrogens is 1. The van der Waals surface area contributed by atoms with E-state index in [1.165, 1.54) is 0 Å². The number of piperazine rings is 1. The molecule has 5 rings (SSSR count). The monoisotopic (exact) mass is 584 g/mol. The molecule has 0 saturated carbocycles. The van der Waals surface area contributed by atoms with Crippen LogP contribution in [0.1, 0.15) is 22.5 Å². The Kier molecular flexibility index (Phi) is 8.68. The molecule has 1 saturated heterocycles. The fraction of sp³-hybridized carbons (Fsp3) is 0.212. The third-order valence-corrected chi connectivity index (χ3v) is 7.90. The summed E-state index contributed by atoms with van der Waals surface area (Å²) in [4.78, 5) is 17.3. The first-order valence-electron chi connectivity index (χ1n) is 13.4. The number of amides is 1. The van der Waals surface area contributed by atoms with Crippen LogP contribution in [-0.2, 0) is 11.4 Å². The topological polar surface area (TPSA) is 61.5 Å². The number of rotatable bonds is 7. The maximum absolute atomic E-state index is 13.3. The Balaban J connectivity index is 1.27. The molecule has 1 fully saturated rings. The van der Waals surface area contributed by atoms with Crippen molar-refractivity contribution in [3.05, 3.63) is 117 Å². The van der Waals surface area contributed by atoms with Gasteiger partial charge in [0.1, 0.15) is 24.0 Å². The second kappa shape index (κ2) is 12.6. The quantitative estimate of drug-likeness (QED) is 0.170. The molecule has 8 heteroatoms. The summed E-state index contributed by atoms with van der Waals surface area (Å²) in [6, 6.07) is 27.4. The van der Waals surface area contributed by atoms with Crippen LogP contribution >= 0.6 is 23.2 Å². The van der Waals surface area contributed by atoms with Crippen molar-refractivity contribution in [2.24, 2.45) is 0 Å². The summed E-state index contributed by atoms with van der Waals surface area (Å²) in [6.45, 7) is 6.94. The zero-order chi connectivity index (χ0) is 28.9. The Morgan fingerprint density at radius 3 is 2.29 bits per heavy atom. The molecule has 1 amide bonds. The number of hydrogen-bond donors (Lipinski definition) is 0. The lowest BCUT2D eigenvalue weighted by atomic mass is 10.1. The van der Waals surface area contributed by atoms with E-state index in [0.29, 0.717) is 35.5 Å². The molecule has 0 N–H and O–H groups in total. The molecule has 0 aliphatic carbocycles. The highest BCUT2D eigenvalue weighted by Gasteiger charge is 2.24. The van der Waals surface area contributed by atoms with E-state index < -0.39 is 0 Å². The van der Waals surface area contributed by atoms with Crippen LogP contribution in [0.3, 0.4) is 0 Å². The lowest BCUT2D eigenvalue weighted by molar-refractivity contribution is -0.126. The number of anilines is 1. The second-order valence-electron chi connectivity index (χ2n) is 9.96. The molecule has 3 aromatic carbocycles.